The van der Waals surface area contributed by atoms with E-state index in [9.17, 15) is 83.1 Å². The molecule has 2 aromatic heterocycles. The van der Waals surface area contributed by atoms with E-state index in [4.69, 9.17) is 30.4 Å². The zero-order valence-corrected chi connectivity index (χ0v) is 84.3. The third-order valence-corrected chi connectivity index (χ3v) is 26.1. The molecule has 5 heterocycles. The van der Waals surface area contributed by atoms with E-state index in [2.05, 4.69) is 94.7 Å². The Hall–Kier alpha value is -13.0. The number of fused-ring (bicyclic) bond motifs is 2. The molecule has 146 heavy (non-hydrogen) atoms. The summed E-state index contributed by atoms with van der Waals surface area (Å²) in [7, 11) is 0. The number of nitrogens with zero attached hydrogens (tertiary/aromatic N) is 2. The molecule has 8 rings (SSSR count). The summed E-state index contributed by atoms with van der Waals surface area (Å²) in [6, 6.07) is 0.899. The first-order chi connectivity index (χ1) is 69.8. The summed E-state index contributed by atoms with van der Waals surface area (Å²) >= 11 is 1.85. The maximum Gasteiger partial charge on any atom is 0.315 e. The second-order valence-corrected chi connectivity index (χ2v) is 38.6. The van der Waals surface area contributed by atoms with Gasteiger partial charge in [-0.05, 0) is 138 Å². The molecule has 804 valence electrons. The van der Waals surface area contributed by atoms with Gasteiger partial charge in [0.05, 0.1) is 95.8 Å². The van der Waals surface area contributed by atoms with Crippen molar-refractivity contribution in [2.75, 3.05) is 84.8 Å². The molecule has 5 aromatic rings. The number of nitrogens with one attached hydrogen (secondary N) is 17. The highest BCUT2D eigenvalue weighted by molar-refractivity contribution is 8.00. The van der Waals surface area contributed by atoms with Crippen LogP contribution in [0.4, 0.5) is 4.79 Å². The number of hydrogen-bond acceptors (Lipinski definition) is 28. The van der Waals surface area contributed by atoms with E-state index in [1.54, 1.807) is 74.6 Å². The number of primary amides is 1. The molecular formula is C98H145N21O26S. The number of aromatic hydroxyl groups is 1. The second-order valence-electron chi connectivity index (χ2n) is 37.3. The van der Waals surface area contributed by atoms with Crippen molar-refractivity contribution in [2.24, 2.45) is 23.3 Å². The molecule has 3 aliphatic heterocycles. The highest BCUT2D eigenvalue weighted by Gasteiger charge is 2.45. The highest BCUT2D eigenvalue weighted by atomic mass is 32.2. The minimum absolute atomic E-state index is 0.0362. The van der Waals surface area contributed by atoms with E-state index in [-0.39, 0.29) is 152 Å². The number of ether oxygens (including phenoxy) is 4. The molecule has 0 bridgehead atoms. The van der Waals surface area contributed by atoms with E-state index >= 15 is 24.0 Å². The summed E-state index contributed by atoms with van der Waals surface area (Å²) in [6.45, 7) is 11.9. The molecule has 26 N–H and O–H groups in total. The third kappa shape index (κ3) is 39.8. The van der Waals surface area contributed by atoms with Crippen molar-refractivity contribution in [3.05, 3.63) is 120 Å². The number of H-pyrrole nitrogens is 2. The van der Waals surface area contributed by atoms with Crippen molar-refractivity contribution in [2.45, 2.75) is 272 Å². The quantitative estimate of drug-likeness (QED) is 0.0139. The number of likely N-dealkylation sites (tertiary alicyclic amines) is 1. The topological polar surface area (TPSA) is 708 Å². The Morgan fingerprint density at radius 1 is 0.514 bits per heavy atom. The lowest BCUT2D eigenvalue weighted by Crippen LogP contribution is -2.62. The number of carboxylic acid groups (broad SMARTS) is 1. The van der Waals surface area contributed by atoms with Gasteiger partial charge in [-0.3, -0.25) is 76.7 Å². The zero-order valence-electron chi connectivity index (χ0n) is 83.5. The number of hydrogen-bond donors (Lipinski definition) is 24. The van der Waals surface area contributed by atoms with Gasteiger partial charge in [0.25, 0.3) is 0 Å². The van der Waals surface area contributed by atoms with Crippen molar-refractivity contribution in [1.82, 2.24) is 99.6 Å². The average Bonchev–Trinajstić information content (AvgIpc) is 1.63. The number of nitrogens with two attached hydrogens (primary N) is 2. The molecule has 3 fully saturated rings. The summed E-state index contributed by atoms with van der Waals surface area (Å²) < 4.78 is 22.4. The number of para-hydroxylation sites is 1. The first kappa shape index (κ1) is 118. The fraction of sp³-hybridized carbons (Fsp3) is 0.592. The molecule has 17 amide bonds. The van der Waals surface area contributed by atoms with Crippen LogP contribution in [-0.2, 0) is 121 Å². The maximum atomic E-state index is 15.4. The number of carbonyl (C=O) groups excluding carboxylic acids is 16. The lowest BCUT2D eigenvalue weighted by molar-refractivity contribution is -0.143. The van der Waals surface area contributed by atoms with Gasteiger partial charge in [-0.1, -0.05) is 94.8 Å². The molecule has 47 nitrogen and oxygen atoms in total. The molecule has 0 unspecified atom stereocenters. The number of aliphatic carboxylic acids is 1. The van der Waals surface area contributed by atoms with Crippen LogP contribution < -0.4 is 91.2 Å². The minimum Gasteiger partial charge on any atom is -0.508 e. The lowest BCUT2D eigenvalue weighted by atomic mass is 10.0. The van der Waals surface area contributed by atoms with Gasteiger partial charge in [0.1, 0.15) is 84.3 Å². The van der Waals surface area contributed by atoms with Crippen LogP contribution >= 0.6 is 11.8 Å². The first-order valence-corrected chi connectivity index (χ1v) is 50.6. The Morgan fingerprint density at radius 3 is 1.65 bits per heavy atom. The maximum absolute atomic E-state index is 15.4. The summed E-state index contributed by atoms with van der Waals surface area (Å²) in [5, 5.41) is 92.9. The van der Waals surface area contributed by atoms with Crippen molar-refractivity contribution >= 4 is 123 Å². The zero-order chi connectivity index (χ0) is 106. The van der Waals surface area contributed by atoms with E-state index in [1.165, 1.54) is 55.5 Å². The van der Waals surface area contributed by atoms with Crippen molar-refractivity contribution < 1.29 is 126 Å². The number of phenols is 1. The summed E-state index contributed by atoms with van der Waals surface area (Å²) in [4.78, 5) is 248. The van der Waals surface area contributed by atoms with Crippen LogP contribution in [0.1, 0.15) is 161 Å². The summed E-state index contributed by atoms with van der Waals surface area (Å²) in [5.74, 6) is -14.7. The Morgan fingerprint density at radius 2 is 1.05 bits per heavy atom. The Balaban J connectivity index is 0.889. The SMILES string of the molecule is CC(C)C[C@H](NC(=O)CCOCCOCCOCCOCCNC(=O)CCCC[C@@H]1SC[C@@H]2NC(=O)N[C@@H]21)C(=O)N[C@H](C(=O)N[C@@H](Cc1ccccc1)C(=O)N1CCC[C@H]1C(=O)N[C@@H](Cc1c[nH]cn1)C(=O)N[C@@H](Cc1ccc(O)cc1)C(=O)N[C@@H](Cc1c[nH]c2ccccc12)C(=O)N[C@@H](C)C(=O)N[C@@H](CCC(=O)O)C(=O)N[C@@H](CC(C)C)C(=O)N[C@H](C(=O)N[C@@H](CO)C(=O)N[C@@H](CCCCN)C(N)=O)[C@@H](C)O)[C@@H](C)O. The van der Waals surface area contributed by atoms with Gasteiger partial charge < -0.3 is 151 Å². The summed E-state index contributed by atoms with van der Waals surface area (Å²) in [5.41, 5.74) is 13.3. The number of unbranched alkanes of at least 4 members (excludes halogenated alkanes) is 2. The number of rotatable bonds is 67. The predicted molar refractivity (Wildman–Crippen MR) is 533 cm³/mol. The number of imidazole rings is 1. The fourth-order valence-corrected chi connectivity index (χ4v) is 18.3. The molecule has 0 radical (unpaired) electrons. The van der Waals surface area contributed by atoms with Gasteiger partial charge in [-0.2, -0.15) is 11.8 Å². The van der Waals surface area contributed by atoms with Gasteiger partial charge in [0.2, 0.25) is 88.6 Å². The monoisotopic (exact) mass is 2060 g/mol. The molecular weight excluding hydrogens is 1920 g/mol. The fourth-order valence-electron chi connectivity index (χ4n) is 16.8. The number of carboxylic acids is 1. The van der Waals surface area contributed by atoms with Crippen molar-refractivity contribution in [3.8, 4) is 5.75 Å². The van der Waals surface area contributed by atoms with E-state index in [0.29, 0.717) is 78.5 Å². The van der Waals surface area contributed by atoms with Crippen LogP contribution in [0.3, 0.4) is 0 Å². The molecule has 3 aromatic carbocycles. The van der Waals surface area contributed by atoms with Crippen LogP contribution in [-0.4, -0.2) is 339 Å². The van der Waals surface area contributed by atoms with Crippen LogP contribution in [0.5, 0.6) is 5.75 Å². The molecule has 3 aliphatic rings. The summed E-state index contributed by atoms with van der Waals surface area (Å²) in [6.07, 6.45) is 2.57. The smallest absolute Gasteiger partial charge is 0.315 e. The molecule has 18 atom stereocenters. The van der Waals surface area contributed by atoms with E-state index in [0.717, 1.165) is 31.9 Å². The Labute approximate surface area is 850 Å². The number of aromatic amines is 2. The number of urea groups is 1. The standard InChI is InChI=1S/C98H145N21O26S/c1-55(2)44-69(106-80(125)32-36-142-38-40-144-42-43-145-41-39-143-37-34-102-79(124)25-14-13-24-78-84-76(53-146-78)115-98(141)118-84)91(134)116-82(58(6)121)95(138)113-74(47-60-18-9-8-10-19-60)97(140)119-35-17-23-77(119)94(137)112-73(49-63-51-101-54-104-63)90(133)110-71(46-61-26-28-64(123)29-27-61)89(132)111-72(48-62-50-103-66-21-12-11-20-65(62)66)88(131)105-57(5)86(129)108-68(30-31-81(126)127)87(130)109-70(45-56(3)4)92(135)117-83(59(7)122)96(139)114-75(52-120)93(136)107-67(85(100)128)22-15-16-33-99/h8-12,18-21,26-29,50-51,54-59,67-78,82-84,103,120-123H,13-17,22-25,30-49,52-53,99H2,1-7H3,(H2,100,128)(H,101,104)(H,102,124)(H,105,131)(H,106,125)(H,107,136)(H,108,129)(H,109,130)(H,110,133)(H,111,132)(H,112,137)(H,113,138)(H,114,139)(H,116,134)(H,117,135)(H,126,127)(H2,115,118,141)/t57-,58+,59+,67-,68-,69-,70-,71-,72-,73-,74-,75-,76-,77-,78-,82-,83-,84-/m0/s1. The number of carbonyl (C=O) groups is 17. The van der Waals surface area contributed by atoms with Gasteiger partial charge in [0, 0.05) is 92.3 Å². The molecule has 3 saturated heterocycles. The van der Waals surface area contributed by atoms with Crippen LogP contribution in [0.15, 0.2) is 97.6 Å². The molecule has 0 saturated carbocycles. The number of aromatic nitrogens is 3. The van der Waals surface area contributed by atoms with Gasteiger partial charge in [-0.15, -0.1) is 0 Å². The van der Waals surface area contributed by atoms with Gasteiger partial charge >= 0.3 is 12.0 Å². The number of benzene rings is 3. The third-order valence-electron chi connectivity index (χ3n) is 24.6. The number of phenolic OH excluding ortho intramolecular Hbond substituents is 1. The minimum atomic E-state index is -1.86. The second kappa shape index (κ2) is 61.5. The molecule has 0 spiro atoms. The number of thioether (sulfide) groups is 1. The Bertz CT molecular complexity index is 5100. The number of amides is 17. The number of aliphatic hydroxyl groups excluding tert-OH is 3. The average molecular weight is 2070 g/mol. The lowest BCUT2D eigenvalue weighted by Gasteiger charge is -2.31. The van der Waals surface area contributed by atoms with Crippen molar-refractivity contribution in [1.29, 1.82) is 0 Å². The predicted octanol–water partition coefficient (Wildman–Crippen LogP) is -2.68. The van der Waals surface area contributed by atoms with Gasteiger partial charge in [0.15, 0.2) is 0 Å². The highest BCUT2D eigenvalue weighted by Crippen LogP contribution is 2.34. The normalized spacial score (nSPS) is 17.7. The van der Waals surface area contributed by atoms with E-state index < -0.39 is 205 Å². The van der Waals surface area contributed by atoms with Crippen LogP contribution in [0.25, 0.3) is 10.9 Å². The van der Waals surface area contributed by atoms with Crippen molar-refractivity contribution in [3.63, 3.8) is 0 Å². The molecule has 48 heteroatoms. The van der Waals surface area contributed by atoms with Crippen LogP contribution in [0.2, 0.25) is 0 Å². The van der Waals surface area contributed by atoms with Gasteiger partial charge in [-0.25, -0.2) is 9.78 Å². The Kier molecular flexibility index (Phi) is 49.8. The first-order valence-electron chi connectivity index (χ1n) is 49.5. The number of aliphatic hydroxyl groups is 3. The molecule has 0 aliphatic carbocycles. The van der Waals surface area contributed by atoms with Crippen LogP contribution in [0, 0.1) is 11.8 Å². The largest absolute Gasteiger partial charge is 0.508 e. The van der Waals surface area contributed by atoms with E-state index in [1.807, 2.05) is 25.6 Å².